The molecule has 14 heavy (non-hydrogen) atoms. The molecule has 0 fully saturated rings. The number of benzene rings is 1. The Kier molecular flexibility index (Phi) is 2.87. The Morgan fingerprint density at radius 1 is 1.29 bits per heavy atom. The summed E-state index contributed by atoms with van der Waals surface area (Å²) >= 11 is 0. The molecule has 0 N–H and O–H groups in total. The first-order valence-electron chi connectivity index (χ1n) is 4.64. The van der Waals surface area contributed by atoms with E-state index in [-0.39, 0.29) is 0 Å². The summed E-state index contributed by atoms with van der Waals surface area (Å²) in [6.07, 6.45) is 1.63. The molecule has 0 aliphatic heterocycles. The Labute approximate surface area is 84.7 Å². The van der Waals surface area contributed by atoms with Crippen molar-refractivity contribution in [2.75, 3.05) is 0 Å². The predicted octanol–water partition coefficient (Wildman–Crippen LogP) is 2.87. The fourth-order valence-electron chi connectivity index (χ4n) is 1.57. The summed E-state index contributed by atoms with van der Waals surface area (Å²) in [7, 11) is 0. The first-order valence-corrected chi connectivity index (χ1v) is 4.64. The molecule has 0 aliphatic rings. The molecule has 74 valence electrons. The van der Waals surface area contributed by atoms with Gasteiger partial charge in [-0.2, -0.15) is 4.99 Å². The van der Waals surface area contributed by atoms with Crippen molar-refractivity contribution in [1.82, 2.24) is 0 Å². The van der Waals surface area contributed by atoms with Gasteiger partial charge in [0, 0.05) is 0 Å². The van der Waals surface area contributed by atoms with Gasteiger partial charge in [-0.25, -0.2) is 4.79 Å². The average Bonchev–Trinajstić information content (AvgIpc) is 2.09. The molecule has 0 aromatic heterocycles. The maximum absolute atomic E-state index is 10.3. The molecular weight excluding hydrogens is 174 g/mol. The summed E-state index contributed by atoms with van der Waals surface area (Å²) in [4.78, 5) is 14.1. The summed E-state index contributed by atoms with van der Waals surface area (Å²) in [6.45, 7) is 7.89. The van der Waals surface area contributed by atoms with Crippen LogP contribution in [-0.4, -0.2) is 6.08 Å². The van der Waals surface area contributed by atoms with Gasteiger partial charge in [-0.05, 0) is 38.8 Å². The van der Waals surface area contributed by atoms with E-state index in [1.165, 1.54) is 5.56 Å². The summed E-state index contributed by atoms with van der Waals surface area (Å²) < 4.78 is 0. The van der Waals surface area contributed by atoms with Gasteiger partial charge in [0.25, 0.3) is 0 Å². The van der Waals surface area contributed by atoms with Gasteiger partial charge in [0.15, 0.2) is 0 Å². The first kappa shape index (κ1) is 10.7. The second kappa shape index (κ2) is 3.77. The van der Waals surface area contributed by atoms with Crippen molar-refractivity contribution in [3.63, 3.8) is 0 Å². The Morgan fingerprint density at radius 3 is 2.50 bits per heavy atom. The highest BCUT2D eigenvalue weighted by Gasteiger charge is 2.21. The van der Waals surface area contributed by atoms with Crippen molar-refractivity contribution in [1.29, 1.82) is 0 Å². The Balaban J connectivity index is 3.30. The van der Waals surface area contributed by atoms with Crippen LogP contribution in [0, 0.1) is 13.8 Å². The maximum atomic E-state index is 10.3. The van der Waals surface area contributed by atoms with Crippen LogP contribution >= 0.6 is 0 Å². The van der Waals surface area contributed by atoms with E-state index in [0.717, 1.165) is 11.1 Å². The van der Waals surface area contributed by atoms with Crippen molar-refractivity contribution in [3.8, 4) is 0 Å². The molecule has 0 unspecified atom stereocenters. The molecule has 0 bridgehead atoms. The normalized spacial score (nSPS) is 10.9. The Bertz CT molecular complexity index is 387. The van der Waals surface area contributed by atoms with E-state index in [1.54, 1.807) is 6.08 Å². The molecule has 2 heteroatoms. The van der Waals surface area contributed by atoms with Gasteiger partial charge in [-0.1, -0.05) is 23.8 Å². The summed E-state index contributed by atoms with van der Waals surface area (Å²) in [6, 6.07) is 6.17. The minimum atomic E-state index is -0.474. The third kappa shape index (κ3) is 2.09. The van der Waals surface area contributed by atoms with Crippen molar-refractivity contribution in [2.45, 2.75) is 33.2 Å². The number of hydrogen-bond donors (Lipinski definition) is 0. The van der Waals surface area contributed by atoms with Crippen LogP contribution in [0.3, 0.4) is 0 Å². The molecule has 0 atom stereocenters. The number of isocyanates is 1. The van der Waals surface area contributed by atoms with Crippen LogP contribution in [0.1, 0.15) is 30.5 Å². The Morgan fingerprint density at radius 2 is 1.93 bits per heavy atom. The molecule has 1 rings (SSSR count). The van der Waals surface area contributed by atoms with E-state index in [2.05, 4.69) is 17.1 Å². The van der Waals surface area contributed by atoms with Crippen LogP contribution < -0.4 is 0 Å². The number of rotatable bonds is 2. The van der Waals surface area contributed by atoms with Gasteiger partial charge in [-0.3, -0.25) is 0 Å². The third-order valence-corrected chi connectivity index (χ3v) is 2.38. The van der Waals surface area contributed by atoms with E-state index in [1.807, 2.05) is 33.8 Å². The van der Waals surface area contributed by atoms with E-state index in [0.29, 0.717) is 0 Å². The molecule has 0 amide bonds. The minimum absolute atomic E-state index is 0.474. The average molecular weight is 189 g/mol. The van der Waals surface area contributed by atoms with Gasteiger partial charge in [0.1, 0.15) is 0 Å². The van der Waals surface area contributed by atoms with Crippen molar-refractivity contribution < 1.29 is 4.79 Å². The van der Waals surface area contributed by atoms with Crippen LogP contribution in [0.4, 0.5) is 0 Å². The highest BCUT2D eigenvalue weighted by Crippen LogP contribution is 2.27. The molecule has 0 saturated carbocycles. The van der Waals surface area contributed by atoms with E-state index in [9.17, 15) is 4.79 Å². The predicted molar refractivity (Wildman–Crippen MR) is 57.1 cm³/mol. The lowest BCUT2D eigenvalue weighted by Crippen LogP contribution is -2.15. The van der Waals surface area contributed by atoms with Crippen LogP contribution in [-0.2, 0) is 10.3 Å². The topological polar surface area (TPSA) is 29.4 Å². The zero-order chi connectivity index (χ0) is 10.8. The number of carbonyl (C=O) groups excluding carboxylic acids is 1. The van der Waals surface area contributed by atoms with Gasteiger partial charge in [0.05, 0.1) is 5.54 Å². The Hall–Kier alpha value is -1.40. The number of nitrogens with zero attached hydrogens (tertiary/aromatic N) is 1. The molecule has 0 aliphatic carbocycles. The molecule has 2 nitrogen and oxygen atoms in total. The van der Waals surface area contributed by atoms with Gasteiger partial charge >= 0.3 is 0 Å². The van der Waals surface area contributed by atoms with E-state index in [4.69, 9.17) is 0 Å². The molecular formula is C12H15NO. The zero-order valence-corrected chi connectivity index (χ0v) is 9.09. The lowest BCUT2D eigenvalue weighted by Gasteiger charge is -2.20. The highest BCUT2D eigenvalue weighted by molar-refractivity contribution is 5.41. The molecule has 1 aromatic rings. The largest absolute Gasteiger partial charge is 0.235 e. The van der Waals surface area contributed by atoms with Gasteiger partial charge in [-0.15, -0.1) is 0 Å². The van der Waals surface area contributed by atoms with Crippen LogP contribution in [0.2, 0.25) is 0 Å². The minimum Gasteiger partial charge on any atom is -0.211 e. The van der Waals surface area contributed by atoms with Crippen molar-refractivity contribution >= 4 is 6.08 Å². The number of aliphatic imine (C=N–C) groups is 1. The molecule has 0 radical (unpaired) electrons. The monoisotopic (exact) mass is 189 g/mol. The molecule has 1 aromatic carbocycles. The van der Waals surface area contributed by atoms with Crippen LogP contribution in [0.5, 0.6) is 0 Å². The smallest absolute Gasteiger partial charge is 0.211 e. The third-order valence-electron chi connectivity index (χ3n) is 2.38. The summed E-state index contributed by atoms with van der Waals surface area (Å²) in [5.41, 5.74) is 2.94. The quantitative estimate of drug-likeness (QED) is 0.519. The lowest BCUT2D eigenvalue weighted by atomic mass is 9.90. The maximum Gasteiger partial charge on any atom is 0.235 e. The fraction of sp³-hybridized carbons (Fsp3) is 0.417. The second-order valence-electron chi connectivity index (χ2n) is 4.08. The summed E-state index contributed by atoms with van der Waals surface area (Å²) in [5.74, 6) is 0. The molecule has 0 saturated heterocycles. The SMILES string of the molecule is Cc1ccc(C)c(C(C)(C)N=C=O)c1. The summed E-state index contributed by atoms with van der Waals surface area (Å²) in [5, 5.41) is 0. The fourth-order valence-corrected chi connectivity index (χ4v) is 1.57. The zero-order valence-electron chi connectivity index (χ0n) is 9.09. The highest BCUT2D eigenvalue weighted by atomic mass is 16.1. The standard InChI is InChI=1S/C12H15NO/c1-9-5-6-10(2)11(7-9)12(3,4)13-8-14/h5-7H,1-4H3. The molecule has 0 heterocycles. The number of hydrogen-bond acceptors (Lipinski definition) is 2. The van der Waals surface area contributed by atoms with E-state index >= 15 is 0 Å². The lowest BCUT2D eigenvalue weighted by molar-refractivity contribution is 0.521. The first-order chi connectivity index (χ1) is 6.47. The van der Waals surface area contributed by atoms with Crippen molar-refractivity contribution in [2.24, 2.45) is 4.99 Å². The van der Waals surface area contributed by atoms with Crippen LogP contribution in [0.25, 0.3) is 0 Å². The van der Waals surface area contributed by atoms with Gasteiger partial charge < -0.3 is 0 Å². The number of aryl methyl sites for hydroxylation is 2. The molecule has 0 spiro atoms. The van der Waals surface area contributed by atoms with Crippen LogP contribution in [0.15, 0.2) is 23.2 Å². The second-order valence-corrected chi connectivity index (χ2v) is 4.08. The van der Waals surface area contributed by atoms with Crippen molar-refractivity contribution in [3.05, 3.63) is 34.9 Å². The van der Waals surface area contributed by atoms with E-state index < -0.39 is 5.54 Å². The van der Waals surface area contributed by atoms with Gasteiger partial charge in [0.2, 0.25) is 6.08 Å².